The van der Waals surface area contributed by atoms with Gasteiger partial charge in [-0.05, 0) is 44.0 Å². The van der Waals surface area contributed by atoms with Crippen LogP contribution in [0.3, 0.4) is 0 Å². The lowest BCUT2D eigenvalue weighted by molar-refractivity contribution is 0.452. The van der Waals surface area contributed by atoms with Crippen molar-refractivity contribution in [2.75, 3.05) is 6.54 Å². The first-order valence-electron chi connectivity index (χ1n) is 4.91. The largest absolute Gasteiger partial charge is 0.508 e. The normalized spacial score (nSPS) is 21.4. The number of halogens is 1. The van der Waals surface area contributed by atoms with E-state index in [0.717, 1.165) is 24.9 Å². The lowest BCUT2D eigenvalue weighted by Crippen LogP contribution is -2.14. The molecule has 1 heterocycles. The van der Waals surface area contributed by atoms with E-state index in [1.165, 1.54) is 12.1 Å². The van der Waals surface area contributed by atoms with Crippen LogP contribution in [0, 0.1) is 12.7 Å². The highest BCUT2D eigenvalue weighted by Gasteiger charge is 2.22. The number of nitrogens with one attached hydrogen (secondary N) is 1. The topological polar surface area (TPSA) is 32.3 Å². The molecule has 0 saturated carbocycles. The van der Waals surface area contributed by atoms with Gasteiger partial charge >= 0.3 is 0 Å². The Morgan fingerprint density at radius 2 is 2.29 bits per heavy atom. The molecule has 3 heteroatoms. The third kappa shape index (κ3) is 1.48. The van der Waals surface area contributed by atoms with Crippen LogP contribution >= 0.6 is 0 Å². The minimum atomic E-state index is -0.244. The summed E-state index contributed by atoms with van der Waals surface area (Å²) in [6.45, 7) is 2.66. The Hall–Kier alpha value is -1.09. The Kier molecular flexibility index (Phi) is 2.42. The van der Waals surface area contributed by atoms with E-state index < -0.39 is 0 Å². The fourth-order valence-electron chi connectivity index (χ4n) is 2.06. The Balaban J connectivity index is 2.44. The Morgan fingerprint density at radius 3 is 2.93 bits per heavy atom. The second-order valence-corrected chi connectivity index (χ2v) is 3.75. The summed E-state index contributed by atoms with van der Waals surface area (Å²) in [6.07, 6.45) is 2.05. The van der Waals surface area contributed by atoms with Gasteiger partial charge in [0.2, 0.25) is 0 Å². The molecule has 0 radical (unpaired) electrons. The van der Waals surface area contributed by atoms with Gasteiger partial charge in [0.25, 0.3) is 0 Å². The van der Waals surface area contributed by atoms with Crippen molar-refractivity contribution < 1.29 is 9.50 Å². The predicted molar refractivity (Wildman–Crippen MR) is 52.8 cm³/mol. The van der Waals surface area contributed by atoms with E-state index >= 15 is 0 Å². The summed E-state index contributed by atoms with van der Waals surface area (Å²) in [7, 11) is 0. The number of phenolic OH excluding ortho intramolecular Hbond substituents is 1. The minimum Gasteiger partial charge on any atom is -0.508 e. The van der Waals surface area contributed by atoms with Crippen LogP contribution in [-0.4, -0.2) is 11.7 Å². The predicted octanol–water partition coefficient (Wildman–Crippen LogP) is 2.26. The van der Waals surface area contributed by atoms with E-state index in [9.17, 15) is 9.50 Å². The number of phenols is 1. The number of rotatable bonds is 1. The number of benzene rings is 1. The van der Waals surface area contributed by atoms with Gasteiger partial charge in [0.05, 0.1) is 0 Å². The number of aromatic hydroxyl groups is 1. The van der Waals surface area contributed by atoms with E-state index in [1.807, 2.05) is 0 Å². The first kappa shape index (κ1) is 9.46. The molecule has 1 fully saturated rings. The van der Waals surface area contributed by atoms with Crippen LogP contribution in [-0.2, 0) is 0 Å². The third-order valence-electron chi connectivity index (χ3n) is 2.83. The second-order valence-electron chi connectivity index (χ2n) is 3.75. The van der Waals surface area contributed by atoms with Gasteiger partial charge in [-0.25, -0.2) is 4.39 Å². The van der Waals surface area contributed by atoms with E-state index in [0.29, 0.717) is 5.56 Å². The third-order valence-corrected chi connectivity index (χ3v) is 2.83. The summed E-state index contributed by atoms with van der Waals surface area (Å²) in [5, 5.41) is 12.9. The summed E-state index contributed by atoms with van der Waals surface area (Å²) in [4.78, 5) is 0. The summed E-state index contributed by atoms with van der Waals surface area (Å²) in [5.74, 6) is -0.0465. The first-order valence-corrected chi connectivity index (χ1v) is 4.91. The molecule has 0 aliphatic carbocycles. The van der Waals surface area contributed by atoms with Gasteiger partial charge in [-0.3, -0.25) is 0 Å². The summed E-state index contributed by atoms with van der Waals surface area (Å²) < 4.78 is 13.3. The molecule has 1 aliphatic heterocycles. The zero-order valence-electron chi connectivity index (χ0n) is 8.18. The van der Waals surface area contributed by atoms with Gasteiger partial charge in [-0.2, -0.15) is 0 Å². The van der Waals surface area contributed by atoms with E-state index in [-0.39, 0.29) is 17.6 Å². The maximum absolute atomic E-state index is 13.3. The molecule has 2 N–H and O–H groups in total. The number of hydrogen-bond donors (Lipinski definition) is 2. The van der Waals surface area contributed by atoms with Crippen molar-refractivity contribution in [1.29, 1.82) is 0 Å². The zero-order chi connectivity index (χ0) is 10.1. The molecule has 1 atom stereocenters. The van der Waals surface area contributed by atoms with E-state index in [2.05, 4.69) is 5.32 Å². The minimum absolute atomic E-state index is 0.116. The standard InChI is InChI=1S/C11H14FNO/c1-7-8(12)4-5-10(14)11(7)9-3-2-6-13-9/h4-5,9,13-14H,2-3,6H2,1H3. The monoisotopic (exact) mass is 195 g/mol. The average molecular weight is 195 g/mol. The smallest absolute Gasteiger partial charge is 0.126 e. The van der Waals surface area contributed by atoms with Crippen molar-refractivity contribution in [3.63, 3.8) is 0 Å². The van der Waals surface area contributed by atoms with Gasteiger partial charge in [0.1, 0.15) is 11.6 Å². The van der Waals surface area contributed by atoms with Crippen molar-refractivity contribution >= 4 is 0 Å². The summed E-state index contributed by atoms with van der Waals surface area (Å²) in [5.41, 5.74) is 1.28. The highest BCUT2D eigenvalue weighted by molar-refractivity contribution is 5.42. The quantitative estimate of drug-likeness (QED) is 0.720. The SMILES string of the molecule is Cc1c(F)ccc(O)c1C1CCCN1. The van der Waals surface area contributed by atoms with Crippen LogP contribution in [0.5, 0.6) is 5.75 Å². The number of hydrogen-bond acceptors (Lipinski definition) is 2. The van der Waals surface area contributed by atoms with Crippen LogP contribution < -0.4 is 5.32 Å². The summed E-state index contributed by atoms with van der Waals surface area (Å²) in [6, 6.07) is 2.85. The van der Waals surface area contributed by atoms with Gasteiger partial charge < -0.3 is 10.4 Å². The lowest BCUT2D eigenvalue weighted by atomic mass is 9.98. The van der Waals surface area contributed by atoms with Crippen LogP contribution in [0.1, 0.15) is 30.0 Å². The molecule has 1 unspecified atom stereocenters. The van der Waals surface area contributed by atoms with Crippen molar-refractivity contribution in [2.24, 2.45) is 0 Å². The maximum Gasteiger partial charge on any atom is 0.126 e. The average Bonchev–Trinajstić information content (AvgIpc) is 2.65. The molecule has 1 aromatic carbocycles. The Morgan fingerprint density at radius 1 is 1.50 bits per heavy atom. The molecule has 1 aromatic rings. The molecular weight excluding hydrogens is 181 g/mol. The van der Waals surface area contributed by atoms with Crippen molar-refractivity contribution in [3.05, 3.63) is 29.1 Å². The zero-order valence-corrected chi connectivity index (χ0v) is 8.18. The van der Waals surface area contributed by atoms with Gasteiger partial charge in [-0.1, -0.05) is 0 Å². The van der Waals surface area contributed by atoms with E-state index in [4.69, 9.17) is 0 Å². The van der Waals surface area contributed by atoms with Crippen LogP contribution in [0.2, 0.25) is 0 Å². The molecule has 0 bridgehead atoms. The highest BCUT2D eigenvalue weighted by atomic mass is 19.1. The fourth-order valence-corrected chi connectivity index (χ4v) is 2.06. The van der Waals surface area contributed by atoms with Gasteiger partial charge in [-0.15, -0.1) is 0 Å². The summed E-state index contributed by atoms with van der Waals surface area (Å²) >= 11 is 0. The van der Waals surface area contributed by atoms with Crippen LogP contribution in [0.25, 0.3) is 0 Å². The van der Waals surface area contributed by atoms with Crippen LogP contribution in [0.4, 0.5) is 4.39 Å². The molecular formula is C11H14FNO. The van der Waals surface area contributed by atoms with Gasteiger partial charge in [0, 0.05) is 11.6 Å². The van der Waals surface area contributed by atoms with Crippen LogP contribution in [0.15, 0.2) is 12.1 Å². The van der Waals surface area contributed by atoms with Gasteiger partial charge in [0.15, 0.2) is 0 Å². The molecule has 0 spiro atoms. The molecule has 2 nitrogen and oxygen atoms in total. The molecule has 76 valence electrons. The Bertz CT molecular complexity index is 345. The molecule has 1 saturated heterocycles. The molecule has 2 rings (SSSR count). The van der Waals surface area contributed by atoms with Crippen molar-refractivity contribution in [3.8, 4) is 5.75 Å². The van der Waals surface area contributed by atoms with E-state index in [1.54, 1.807) is 6.92 Å². The highest BCUT2D eigenvalue weighted by Crippen LogP contribution is 2.33. The molecule has 14 heavy (non-hydrogen) atoms. The molecule has 0 amide bonds. The molecule has 1 aliphatic rings. The van der Waals surface area contributed by atoms with Crippen molar-refractivity contribution in [1.82, 2.24) is 5.32 Å². The fraction of sp³-hybridized carbons (Fsp3) is 0.455. The second kappa shape index (κ2) is 3.58. The molecule has 0 aromatic heterocycles. The lowest BCUT2D eigenvalue weighted by Gasteiger charge is -2.15. The first-order chi connectivity index (χ1) is 6.70. The maximum atomic E-state index is 13.3. The van der Waals surface area contributed by atoms with Crippen molar-refractivity contribution in [2.45, 2.75) is 25.8 Å². The Labute approximate surface area is 82.8 Å².